The second-order valence-electron chi connectivity index (χ2n) is 1.18. The van der Waals surface area contributed by atoms with Crippen LogP contribution in [-0.4, -0.2) is 0 Å². The van der Waals surface area contributed by atoms with Gasteiger partial charge in [0.2, 0.25) is 0 Å². The van der Waals surface area contributed by atoms with Crippen molar-refractivity contribution in [2.75, 3.05) is 0 Å². The Bertz CT molecular complexity index is 55.1. The van der Waals surface area contributed by atoms with Crippen LogP contribution < -0.4 is 0 Å². The molecule has 0 rings (SSSR count). The maximum absolute atomic E-state index is 6.60. The van der Waals surface area contributed by atoms with Gasteiger partial charge < -0.3 is 6.08 Å². The number of hydrogen-bond acceptors (Lipinski definition) is 0. The van der Waals surface area contributed by atoms with E-state index >= 15 is 0 Å². The summed E-state index contributed by atoms with van der Waals surface area (Å²) in [7, 11) is 0. The van der Waals surface area contributed by atoms with Gasteiger partial charge in [0, 0.05) is 32.7 Å². The molecule has 0 nitrogen and oxygen atoms in total. The van der Waals surface area contributed by atoms with E-state index in [0.29, 0.717) is 6.90 Å². The Hall–Kier alpha value is 0.844. The van der Waals surface area contributed by atoms with Gasteiger partial charge in [-0.15, -0.1) is 0 Å². The Morgan fingerprint density at radius 1 is 1.67 bits per heavy atom. The maximum Gasteiger partial charge on any atom is 0 e. The van der Waals surface area contributed by atoms with Crippen molar-refractivity contribution >= 4 is 0 Å². The van der Waals surface area contributed by atoms with E-state index in [4.69, 9.17) is 1.37 Å². The van der Waals surface area contributed by atoms with Crippen molar-refractivity contribution in [3.05, 3.63) is 11.6 Å². The molecule has 0 saturated carbocycles. The van der Waals surface area contributed by atoms with Gasteiger partial charge in [0.25, 0.3) is 0 Å². The van der Waals surface area contributed by atoms with E-state index < -0.39 is 0 Å². The van der Waals surface area contributed by atoms with Gasteiger partial charge >= 0.3 is 0 Å². The molecular weight excluding hydrogens is 149 g/mol. The summed E-state index contributed by atoms with van der Waals surface area (Å²) in [5.41, 5.74) is 1.10. The fourth-order valence-corrected chi connectivity index (χ4v) is 0. The summed E-state index contributed by atoms with van der Waals surface area (Å²) >= 11 is 0. The molecule has 0 N–H and O–H groups in total. The van der Waals surface area contributed by atoms with Gasteiger partial charge in [0.1, 0.15) is 0 Å². The zero-order valence-electron chi connectivity index (χ0n) is 5.28. The average molecular weight is 159 g/mol. The Morgan fingerprint density at radius 3 is 2.17 bits per heavy atom. The van der Waals surface area contributed by atoms with Crippen molar-refractivity contribution < 1.29 is 34.1 Å². The van der Waals surface area contributed by atoms with Crippen molar-refractivity contribution in [3.63, 3.8) is 0 Å². The quantitative estimate of drug-likeness (QED) is 0.472. The molecule has 6 heavy (non-hydrogen) atoms. The largest absolute Gasteiger partial charge is 0.501 e. The number of rotatable bonds is 0. The SMILES string of the molecule is [2H]C[C-]=C(C)C.[Y]. The number of hydrogen-bond donors (Lipinski definition) is 0. The molecule has 0 amide bonds. The van der Waals surface area contributed by atoms with Crippen LogP contribution in [0.15, 0.2) is 5.57 Å². The Labute approximate surface area is 66.3 Å². The minimum atomic E-state index is 0. The van der Waals surface area contributed by atoms with Crippen molar-refractivity contribution in [2.24, 2.45) is 0 Å². The third-order valence-corrected chi connectivity index (χ3v) is 0.354. The minimum absolute atomic E-state index is 0. The molecular formula is C5H9Y-. The van der Waals surface area contributed by atoms with Crippen LogP contribution in [-0.2, 0) is 32.7 Å². The zero-order valence-corrected chi connectivity index (χ0v) is 7.12. The minimum Gasteiger partial charge on any atom is -0.501 e. The molecule has 0 saturated heterocycles. The molecule has 1 heteroatoms. The van der Waals surface area contributed by atoms with Gasteiger partial charge in [0.15, 0.2) is 0 Å². The summed E-state index contributed by atoms with van der Waals surface area (Å²) in [5.74, 6) is 0. The molecule has 0 atom stereocenters. The molecule has 0 aliphatic carbocycles. The van der Waals surface area contributed by atoms with E-state index in [-0.39, 0.29) is 32.7 Å². The topological polar surface area (TPSA) is 0 Å². The van der Waals surface area contributed by atoms with Gasteiger partial charge in [0.05, 0.1) is 0 Å². The average Bonchev–Trinajstić information content (AvgIpc) is 1.35. The summed E-state index contributed by atoms with van der Waals surface area (Å²) in [6.07, 6.45) is 2.79. The molecule has 0 aliphatic heterocycles. The maximum atomic E-state index is 6.60. The van der Waals surface area contributed by atoms with Crippen LogP contribution in [0.4, 0.5) is 0 Å². The van der Waals surface area contributed by atoms with Gasteiger partial charge in [-0.05, 0) is 1.37 Å². The Morgan fingerprint density at radius 2 is 2.17 bits per heavy atom. The van der Waals surface area contributed by atoms with E-state index in [1.165, 1.54) is 0 Å². The molecule has 0 fully saturated rings. The van der Waals surface area contributed by atoms with E-state index in [1.807, 2.05) is 13.8 Å². The molecule has 0 spiro atoms. The van der Waals surface area contributed by atoms with Crippen LogP contribution in [0.2, 0.25) is 0 Å². The third kappa shape index (κ3) is 8.85. The van der Waals surface area contributed by atoms with E-state index in [1.54, 1.807) is 0 Å². The Balaban J connectivity index is 0. The molecule has 33 valence electrons. The molecule has 0 aromatic carbocycles. The molecule has 0 aromatic rings. The standard InChI is InChI=1S/C5H9.Y/c1-4-5(2)3;/h1-3H3;/q-1;/i1D;. The molecule has 1 radical (unpaired) electrons. The molecule has 0 aromatic heterocycles. The zero-order chi connectivity index (χ0) is 4.99. The predicted molar refractivity (Wildman–Crippen MR) is 23.8 cm³/mol. The summed E-state index contributed by atoms with van der Waals surface area (Å²) < 4.78 is 6.60. The van der Waals surface area contributed by atoms with Crippen LogP contribution in [0.5, 0.6) is 0 Å². The Kier molecular flexibility index (Phi) is 6.67. The van der Waals surface area contributed by atoms with Crippen LogP contribution >= 0.6 is 0 Å². The smallest absolute Gasteiger partial charge is 0 e. The summed E-state index contributed by atoms with van der Waals surface area (Å²) in [4.78, 5) is 0. The van der Waals surface area contributed by atoms with Crippen molar-refractivity contribution in [2.45, 2.75) is 20.7 Å². The number of allylic oxidation sites excluding steroid dienone is 2. The first-order valence-corrected chi connectivity index (χ1v) is 1.60. The third-order valence-electron chi connectivity index (χ3n) is 0.354. The molecule has 0 heterocycles. The van der Waals surface area contributed by atoms with E-state index in [2.05, 4.69) is 6.08 Å². The van der Waals surface area contributed by atoms with Gasteiger partial charge in [-0.2, -0.15) is 6.90 Å². The second-order valence-corrected chi connectivity index (χ2v) is 1.18. The van der Waals surface area contributed by atoms with Crippen molar-refractivity contribution in [3.8, 4) is 0 Å². The molecule has 0 aliphatic rings. The van der Waals surface area contributed by atoms with Gasteiger partial charge in [-0.3, -0.25) is 5.57 Å². The summed E-state index contributed by atoms with van der Waals surface area (Å²) in [6.45, 7) is 4.17. The monoisotopic (exact) mass is 159 g/mol. The summed E-state index contributed by atoms with van der Waals surface area (Å²) in [6, 6.07) is 0. The fourth-order valence-electron chi connectivity index (χ4n) is 0. The summed E-state index contributed by atoms with van der Waals surface area (Å²) in [5, 5.41) is 0. The van der Waals surface area contributed by atoms with E-state index in [9.17, 15) is 0 Å². The fraction of sp³-hybridized carbons (Fsp3) is 0.600. The first-order valence-electron chi connectivity index (χ1n) is 2.31. The van der Waals surface area contributed by atoms with Crippen molar-refractivity contribution in [1.82, 2.24) is 0 Å². The van der Waals surface area contributed by atoms with Crippen molar-refractivity contribution in [1.29, 1.82) is 0 Å². The second kappa shape index (κ2) is 5.84. The van der Waals surface area contributed by atoms with Crippen LogP contribution in [0, 0.1) is 6.08 Å². The normalized spacial score (nSPS) is 8.00. The van der Waals surface area contributed by atoms with Gasteiger partial charge in [-0.25, -0.2) is 0 Å². The van der Waals surface area contributed by atoms with Crippen LogP contribution in [0.25, 0.3) is 0 Å². The first-order chi connectivity index (χ1) is 2.77. The van der Waals surface area contributed by atoms with Gasteiger partial charge in [-0.1, -0.05) is 13.8 Å². The molecule has 0 unspecified atom stereocenters. The van der Waals surface area contributed by atoms with Crippen LogP contribution in [0.3, 0.4) is 0 Å². The first kappa shape index (κ1) is 6.84. The molecule has 0 bridgehead atoms. The van der Waals surface area contributed by atoms with E-state index in [0.717, 1.165) is 5.57 Å². The predicted octanol–water partition coefficient (Wildman–Crippen LogP) is 1.77. The van der Waals surface area contributed by atoms with Crippen LogP contribution in [0.1, 0.15) is 22.1 Å².